The molecular formula is C13H27N2O4W-. The predicted molar refractivity (Wildman–Crippen MR) is 74.1 cm³/mol. The van der Waals surface area contributed by atoms with Crippen LogP contribution in [-0.4, -0.2) is 70.6 Å². The van der Waals surface area contributed by atoms with E-state index >= 15 is 0 Å². The Morgan fingerprint density at radius 1 is 1.00 bits per heavy atom. The number of carbonyl (C=O) groups is 1. The van der Waals surface area contributed by atoms with Crippen molar-refractivity contribution in [3.63, 3.8) is 0 Å². The Kier molecular flexibility index (Phi) is 17.1. The van der Waals surface area contributed by atoms with Gasteiger partial charge in [-0.15, -0.1) is 6.54 Å². The summed E-state index contributed by atoms with van der Waals surface area (Å²) in [5, 5.41) is 0. The molecule has 0 bridgehead atoms. The van der Waals surface area contributed by atoms with Crippen LogP contribution in [-0.2, 0) is 40.1 Å². The summed E-state index contributed by atoms with van der Waals surface area (Å²) in [4.78, 5) is 13.2. The zero-order valence-corrected chi connectivity index (χ0v) is 15.7. The van der Waals surface area contributed by atoms with E-state index in [2.05, 4.69) is 0 Å². The van der Waals surface area contributed by atoms with Gasteiger partial charge in [0.15, 0.2) is 0 Å². The molecule has 1 amide bonds. The Hall–Kier alpha value is -0.00169. The number of nitrogens with zero attached hydrogens (tertiary/aromatic N) is 1. The third-order valence-electron chi connectivity index (χ3n) is 2.43. The van der Waals surface area contributed by atoms with E-state index in [-0.39, 0.29) is 39.4 Å². The quantitative estimate of drug-likeness (QED) is 0.412. The fourth-order valence-corrected chi connectivity index (χ4v) is 1.37. The molecule has 0 aromatic carbocycles. The van der Waals surface area contributed by atoms with Crippen molar-refractivity contribution in [3.05, 3.63) is 5.73 Å². The molecule has 0 aliphatic rings. The number of ether oxygens (including phenoxy) is 3. The summed E-state index contributed by atoms with van der Waals surface area (Å²) in [6.45, 7) is 7.71. The topological polar surface area (TPSA) is 71.8 Å². The summed E-state index contributed by atoms with van der Waals surface area (Å²) in [6, 6.07) is 0. The number of rotatable bonds is 12. The zero-order valence-electron chi connectivity index (χ0n) is 12.7. The van der Waals surface area contributed by atoms with E-state index < -0.39 is 0 Å². The van der Waals surface area contributed by atoms with E-state index in [0.29, 0.717) is 46.2 Å². The first kappa shape index (κ1) is 22.3. The molecule has 0 heterocycles. The molecule has 0 saturated heterocycles. The van der Waals surface area contributed by atoms with Crippen LogP contribution in [0.3, 0.4) is 0 Å². The van der Waals surface area contributed by atoms with Gasteiger partial charge in [0.05, 0.1) is 33.0 Å². The largest absolute Gasteiger partial charge is 0.676 e. The van der Waals surface area contributed by atoms with E-state index in [9.17, 15) is 4.79 Å². The summed E-state index contributed by atoms with van der Waals surface area (Å²) in [7, 11) is 1.78. The van der Waals surface area contributed by atoms with Crippen LogP contribution in [0.15, 0.2) is 0 Å². The van der Waals surface area contributed by atoms with E-state index in [4.69, 9.17) is 19.9 Å². The molecule has 120 valence electrons. The Balaban J connectivity index is 0. The van der Waals surface area contributed by atoms with E-state index in [1.54, 1.807) is 11.9 Å². The Labute approximate surface area is 136 Å². The second-order valence-electron chi connectivity index (χ2n) is 4.50. The van der Waals surface area contributed by atoms with Crippen LogP contribution in [0.2, 0.25) is 0 Å². The normalized spacial score (nSPS) is 10.4. The molecule has 0 radical (unpaired) electrons. The van der Waals surface area contributed by atoms with Crippen LogP contribution in [0.4, 0.5) is 0 Å². The molecule has 7 heteroatoms. The van der Waals surface area contributed by atoms with E-state index in [1.807, 2.05) is 13.8 Å². The average molecular weight is 459 g/mol. The summed E-state index contributed by atoms with van der Waals surface area (Å²) >= 11 is 0. The Morgan fingerprint density at radius 3 is 1.90 bits per heavy atom. The SMILES string of the molecule is CC(C)C(=O)N(C)CCOCCOCCOCC[NH-].[W]. The molecule has 1 N–H and O–H groups in total. The smallest absolute Gasteiger partial charge is 0.224 e. The van der Waals surface area contributed by atoms with Crippen molar-refractivity contribution in [2.75, 3.05) is 59.8 Å². The third-order valence-corrected chi connectivity index (χ3v) is 2.43. The molecule has 0 spiro atoms. The maximum absolute atomic E-state index is 11.6. The number of amides is 1. The second kappa shape index (κ2) is 15.4. The van der Waals surface area contributed by atoms with E-state index in [1.165, 1.54) is 0 Å². The Bertz CT molecular complexity index is 230. The fraction of sp³-hybridized carbons (Fsp3) is 0.923. The number of likely N-dealkylation sites (N-methyl/N-ethyl adjacent to an activating group) is 1. The number of hydrogen-bond acceptors (Lipinski definition) is 4. The molecule has 6 nitrogen and oxygen atoms in total. The average Bonchev–Trinajstić information content (AvgIpc) is 2.39. The van der Waals surface area contributed by atoms with Gasteiger partial charge in [0.25, 0.3) is 0 Å². The van der Waals surface area contributed by atoms with Crippen molar-refractivity contribution in [1.82, 2.24) is 4.90 Å². The van der Waals surface area contributed by atoms with Gasteiger partial charge in [-0.1, -0.05) is 13.8 Å². The first-order valence-electron chi connectivity index (χ1n) is 6.72. The van der Waals surface area contributed by atoms with Crippen LogP contribution >= 0.6 is 0 Å². The number of hydrogen-bond donors (Lipinski definition) is 0. The minimum atomic E-state index is 0. The number of nitrogens with one attached hydrogen (secondary N) is 1. The minimum Gasteiger partial charge on any atom is -0.676 e. The first-order valence-corrected chi connectivity index (χ1v) is 6.72. The molecule has 0 atom stereocenters. The summed E-state index contributed by atoms with van der Waals surface area (Å²) in [5.41, 5.74) is 6.87. The van der Waals surface area contributed by atoms with Gasteiger partial charge in [0, 0.05) is 47.2 Å². The fourth-order valence-electron chi connectivity index (χ4n) is 1.37. The van der Waals surface area contributed by atoms with Crippen molar-refractivity contribution >= 4 is 5.91 Å². The summed E-state index contributed by atoms with van der Waals surface area (Å²) in [5.74, 6) is 0.156. The Morgan fingerprint density at radius 2 is 1.45 bits per heavy atom. The maximum atomic E-state index is 11.6. The monoisotopic (exact) mass is 459 g/mol. The van der Waals surface area contributed by atoms with Crippen LogP contribution in [0.1, 0.15) is 13.8 Å². The van der Waals surface area contributed by atoms with Crippen LogP contribution in [0, 0.1) is 5.92 Å². The van der Waals surface area contributed by atoms with Crippen LogP contribution in [0.5, 0.6) is 0 Å². The van der Waals surface area contributed by atoms with Gasteiger partial charge in [-0.05, 0) is 0 Å². The molecule has 0 unspecified atom stereocenters. The van der Waals surface area contributed by atoms with Gasteiger partial charge in [-0.25, -0.2) is 0 Å². The molecule has 0 aliphatic carbocycles. The standard InChI is InChI=1S/C13H27N2O4.W/c1-12(2)13(16)15(3)5-7-18-9-11-19-10-8-17-6-4-14;/h12,14H,4-11H2,1-3H3;/q-1;. The van der Waals surface area contributed by atoms with Crippen molar-refractivity contribution < 1.29 is 40.1 Å². The second-order valence-corrected chi connectivity index (χ2v) is 4.50. The van der Waals surface area contributed by atoms with Gasteiger partial charge < -0.3 is 24.8 Å². The van der Waals surface area contributed by atoms with Crippen molar-refractivity contribution in [2.45, 2.75) is 13.8 Å². The van der Waals surface area contributed by atoms with Crippen molar-refractivity contribution in [3.8, 4) is 0 Å². The van der Waals surface area contributed by atoms with Gasteiger partial charge in [-0.3, -0.25) is 4.79 Å². The molecule has 0 saturated carbocycles. The van der Waals surface area contributed by atoms with Gasteiger partial charge in [-0.2, -0.15) is 0 Å². The van der Waals surface area contributed by atoms with Crippen molar-refractivity contribution in [2.24, 2.45) is 5.92 Å². The summed E-state index contributed by atoms with van der Waals surface area (Å²) < 4.78 is 15.7. The van der Waals surface area contributed by atoms with Gasteiger partial charge in [0.1, 0.15) is 0 Å². The molecular weight excluding hydrogens is 432 g/mol. The van der Waals surface area contributed by atoms with Crippen LogP contribution in [0.25, 0.3) is 5.73 Å². The minimum absolute atomic E-state index is 0. The van der Waals surface area contributed by atoms with Crippen molar-refractivity contribution in [1.29, 1.82) is 0 Å². The molecule has 0 rings (SSSR count). The summed E-state index contributed by atoms with van der Waals surface area (Å²) in [6.07, 6.45) is 0. The molecule has 20 heavy (non-hydrogen) atoms. The maximum Gasteiger partial charge on any atom is 0.224 e. The van der Waals surface area contributed by atoms with Crippen LogP contribution < -0.4 is 0 Å². The molecule has 0 aromatic heterocycles. The first-order chi connectivity index (χ1) is 9.09. The van der Waals surface area contributed by atoms with Gasteiger partial charge in [0.2, 0.25) is 5.91 Å². The predicted octanol–water partition coefficient (Wildman–Crippen LogP) is 1.20. The van der Waals surface area contributed by atoms with E-state index in [0.717, 1.165) is 0 Å². The zero-order chi connectivity index (χ0) is 14.5. The molecule has 0 fully saturated rings. The number of carbonyl (C=O) groups excluding carboxylic acids is 1. The molecule has 0 aromatic rings. The third kappa shape index (κ3) is 13.0. The van der Waals surface area contributed by atoms with Gasteiger partial charge >= 0.3 is 0 Å². The molecule has 0 aliphatic heterocycles.